The fourth-order valence-corrected chi connectivity index (χ4v) is 2.04. The molecule has 0 aliphatic rings. The Bertz CT molecular complexity index is 613. The molecule has 21 heavy (non-hydrogen) atoms. The largest absolute Gasteiger partial charge is 0.309 e. The van der Waals surface area contributed by atoms with Crippen molar-refractivity contribution in [2.45, 2.75) is 19.4 Å². The molecule has 2 rings (SSSR count). The molecular formula is C13H16F3N5. The number of hydrogen-bond donors (Lipinski definition) is 0. The summed E-state index contributed by atoms with van der Waals surface area (Å²) in [6.45, 7) is 1.77. The fourth-order valence-electron chi connectivity index (χ4n) is 2.04. The highest BCUT2D eigenvalue weighted by Gasteiger charge is 2.25. The summed E-state index contributed by atoms with van der Waals surface area (Å²) in [4.78, 5) is 3.04. The maximum absolute atomic E-state index is 14.2. The molecule has 0 N–H and O–H groups in total. The van der Waals surface area contributed by atoms with E-state index in [1.54, 1.807) is 0 Å². The molecule has 0 amide bonds. The van der Waals surface area contributed by atoms with Crippen LogP contribution in [-0.2, 0) is 0 Å². The summed E-state index contributed by atoms with van der Waals surface area (Å²) in [6, 6.07) is 0.275. The minimum atomic E-state index is -1.18. The second-order valence-corrected chi connectivity index (χ2v) is 5.06. The summed E-state index contributed by atoms with van der Waals surface area (Å²) < 4.78 is 41.7. The zero-order valence-electron chi connectivity index (χ0n) is 12.0. The lowest BCUT2D eigenvalue weighted by atomic mass is 10.0. The SMILES string of the molecule is Cc1c(F)cc(C(CCN(C)C)n2ncnn2)c(F)c1F. The molecule has 0 radical (unpaired) electrons. The Morgan fingerprint density at radius 1 is 1.24 bits per heavy atom. The van der Waals surface area contributed by atoms with Gasteiger partial charge >= 0.3 is 0 Å². The highest BCUT2D eigenvalue weighted by molar-refractivity contribution is 5.29. The smallest absolute Gasteiger partial charge is 0.165 e. The predicted molar refractivity (Wildman–Crippen MR) is 70.2 cm³/mol. The van der Waals surface area contributed by atoms with Crippen LogP contribution >= 0.6 is 0 Å². The van der Waals surface area contributed by atoms with Crippen LogP contribution in [0.15, 0.2) is 12.4 Å². The summed E-state index contributed by atoms with van der Waals surface area (Å²) in [5, 5.41) is 11.1. The topological polar surface area (TPSA) is 46.8 Å². The molecule has 0 aliphatic carbocycles. The summed E-state index contributed by atoms with van der Waals surface area (Å²) in [7, 11) is 3.69. The maximum atomic E-state index is 14.2. The molecule has 8 heteroatoms. The maximum Gasteiger partial charge on any atom is 0.165 e. The van der Waals surface area contributed by atoms with Crippen LogP contribution in [-0.4, -0.2) is 45.7 Å². The first kappa shape index (κ1) is 15.4. The van der Waals surface area contributed by atoms with E-state index in [1.807, 2.05) is 19.0 Å². The normalized spacial score (nSPS) is 12.9. The molecule has 0 saturated carbocycles. The summed E-state index contributed by atoms with van der Waals surface area (Å²) in [5.74, 6) is -3.05. The average molecular weight is 299 g/mol. The second-order valence-electron chi connectivity index (χ2n) is 5.06. The molecule has 0 aliphatic heterocycles. The van der Waals surface area contributed by atoms with E-state index in [0.717, 1.165) is 10.9 Å². The minimum Gasteiger partial charge on any atom is -0.309 e. The van der Waals surface area contributed by atoms with Gasteiger partial charge in [0, 0.05) is 11.1 Å². The van der Waals surface area contributed by atoms with Crippen LogP contribution in [0, 0.1) is 24.4 Å². The molecule has 1 aromatic heterocycles. The first-order valence-electron chi connectivity index (χ1n) is 6.43. The molecule has 1 unspecified atom stereocenters. The van der Waals surface area contributed by atoms with E-state index < -0.39 is 23.5 Å². The van der Waals surface area contributed by atoms with Crippen molar-refractivity contribution in [1.29, 1.82) is 0 Å². The van der Waals surface area contributed by atoms with Gasteiger partial charge in [-0.2, -0.15) is 4.80 Å². The van der Waals surface area contributed by atoms with Gasteiger partial charge in [0.15, 0.2) is 18.0 Å². The van der Waals surface area contributed by atoms with Crippen LogP contribution < -0.4 is 0 Å². The Balaban J connectivity index is 2.46. The van der Waals surface area contributed by atoms with Crippen molar-refractivity contribution in [3.05, 3.63) is 41.0 Å². The number of tetrazole rings is 1. The average Bonchev–Trinajstić information content (AvgIpc) is 2.95. The molecule has 2 aromatic rings. The van der Waals surface area contributed by atoms with Crippen LogP contribution in [0.3, 0.4) is 0 Å². The van der Waals surface area contributed by atoms with Gasteiger partial charge in [-0.3, -0.25) is 0 Å². The minimum absolute atomic E-state index is 0.115. The monoisotopic (exact) mass is 299 g/mol. The van der Waals surface area contributed by atoms with Crippen molar-refractivity contribution < 1.29 is 13.2 Å². The number of nitrogens with zero attached hydrogens (tertiary/aromatic N) is 5. The van der Waals surface area contributed by atoms with Gasteiger partial charge in [-0.05, 0) is 45.3 Å². The zero-order valence-corrected chi connectivity index (χ0v) is 12.0. The van der Waals surface area contributed by atoms with Gasteiger partial charge in [0.2, 0.25) is 0 Å². The van der Waals surface area contributed by atoms with Crippen molar-refractivity contribution in [3.8, 4) is 0 Å². The molecule has 114 valence electrons. The van der Waals surface area contributed by atoms with E-state index >= 15 is 0 Å². The van der Waals surface area contributed by atoms with E-state index in [9.17, 15) is 13.2 Å². The van der Waals surface area contributed by atoms with Crippen molar-refractivity contribution >= 4 is 0 Å². The molecule has 0 saturated heterocycles. The molecule has 1 heterocycles. The summed E-state index contributed by atoms with van der Waals surface area (Å²) >= 11 is 0. The molecule has 0 fully saturated rings. The van der Waals surface area contributed by atoms with Gasteiger partial charge in [-0.1, -0.05) is 0 Å². The Morgan fingerprint density at radius 3 is 2.52 bits per heavy atom. The Hall–Kier alpha value is -1.96. The van der Waals surface area contributed by atoms with Gasteiger partial charge in [-0.25, -0.2) is 13.2 Å². The number of halogens is 3. The van der Waals surface area contributed by atoms with Gasteiger partial charge in [0.05, 0.1) is 0 Å². The van der Waals surface area contributed by atoms with Gasteiger partial charge in [0.25, 0.3) is 0 Å². The van der Waals surface area contributed by atoms with Crippen molar-refractivity contribution in [1.82, 2.24) is 25.1 Å². The van der Waals surface area contributed by atoms with Crippen molar-refractivity contribution in [2.24, 2.45) is 0 Å². The molecule has 0 spiro atoms. The predicted octanol–water partition coefficient (Wildman–Crippen LogP) is 1.94. The van der Waals surface area contributed by atoms with E-state index in [-0.39, 0.29) is 11.1 Å². The van der Waals surface area contributed by atoms with Crippen LogP contribution in [0.1, 0.15) is 23.6 Å². The first-order chi connectivity index (χ1) is 9.91. The van der Waals surface area contributed by atoms with Crippen LogP contribution in [0.4, 0.5) is 13.2 Å². The third-order valence-electron chi connectivity index (χ3n) is 3.27. The van der Waals surface area contributed by atoms with E-state index in [1.165, 1.54) is 13.3 Å². The van der Waals surface area contributed by atoms with Crippen LogP contribution in [0.5, 0.6) is 0 Å². The second kappa shape index (κ2) is 6.21. The number of hydrogen-bond acceptors (Lipinski definition) is 4. The van der Waals surface area contributed by atoms with Crippen LogP contribution in [0.2, 0.25) is 0 Å². The standard InChI is InChI=1S/C13H16F3N5/c1-8-10(14)6-9(13(16)12(8)15)11(4-5-20(2)3)21-18-7-17-19-21/h6-7,11H,4-5H2,1-3H3. The quantitative estimate of drug-likeness (QED) is 0.792. The number of rotatable bonds is 5. The van der Waals surface area contributed by atoms with Crippen molar-refractivity contribution in [2.75, 3.05) is 20.6 Å². The third kappa shape index (κ3) is 3.21. The highest BCUT2D eigenvalue weighted by Crippen LogP contribution is 2.28. The fraction of sp³-hybridized carbons (Fsp3) is 0.462. The van der Waals surface area contributed by atoms with E-state index in [2.05, 4.69) is 15.4 Å². The lowest BCUT2D eigenvalue weighted by Crippen LogP contribution is -2.23. The van der Waals surface area contributed by atoms with Gasteiger partial charge in [0.1, 0.15) is 11.9 Å². The highest BCUT2D eigenvalue weighted by atomic mass is 19.2. The first-order valence-corrected chi connectivity index (χ1v) is 6.43. The molecule has 1 aromatic carbocycles. The lowest BCUT2D eigenvalue weighted by molar-refractivity contribution is 0.330. The van der Waals surface area contributed by atoms with E-state index in [0.29, 0.717) is 13.0 Å². The van der Waals surface area contributed by atoms with E-state index in [4.69, 9.17) is 0 Å². The Kier molecular flexibility index (Phi) is 4.56. The van der Waals surface area contributed by atoms with Gasteiger partial charge < -0.3 is 4.90 Å². The molecule has 0 bridgehead atoms. The van der Waals surface area contributed by atoms with Crippen LogP contribution in [0.25, 0.3) is 0 Å². The Labute approximate surface area is 120 Å². The Morgan fingerprint density at radius 2 is 1.95 bits per heavy atom. The zero-order chi connectivity index (χ0) is 15.6. The number of aromatic nitrogens is 4. The number of benzene rings is 1. The van der Waals surface area contributed by atoms with Crippen molar-refractivity contribution in [3.63, 3.8) is 0 Å². The molecule has 1 atom stereocenters. The third-order valence-corrected chi connectivity index (χ3v) is 3.27. The molecule has 5 nitrogen and oxygen atoms in total. The molecular weight excluding hydrogens is 283 g/mol. The lowest BCUT2D eigenvalue weighted by Gasteiger charge is -2.20. The summed E-state index contributed by atoms with van der Waals surface area (Å²) in [6.07, 6.45) is 1.59. The summed E-state index contributed by atoms with van der Waals surface area (Å²) in [5.41, 5.74) is -0.454. The van der Waals surface area contributed by atoms with Gasteiger partial charge in [-0.15, -0.1) is 10.2 Å².